The predicted molar refractivity (Wildman–Crippen MR) is 128 cm³/mol. The van der Waals surface area contributed by atoms with Crippen LogP contribution in [0.4, 0.5) is 0 Å². The summed E-state index contributed by atoms with van der Waals surface area (Å²) >= 11 is 0. The van der Waals surface area contributed by atoms with Crippen molar-refractivity contribution in [2.75, 3.05) is 0 Å². The molecule has 4 aromatic carbocycles. The van der Waals surface area contributed by atoms with Gasteiger partial charge in [-0.25, -0.2) is 0 Å². The van der Waals surface area contributed by atoms with Gasteiger partial charge >= 0.3 is 0 Å². The molecular weight excluding hydrogens is 360 g/mol. The molecule has 6 rings (SSSR count). The van der Waals surface area contributed by atoms with Crippen LogP contribution in [0.2, 0.25) is 0 Å². The lowest BCUT2D eigenvalue weighted by atomic mass is 9.86. The molecule has 0 atom stereocenters. The maximum Gasteiger partial charge on any atom is -0.00132 e. The average molecular weight is 383 g/mol. The highest BCUT2D eigenvalue weighted by Crippen LogP contribution is 2.43. The summed E-state index contributed by atoms with van der Waals surface area (Å²) in [6, 6.07) is 35.2. The zero-order valence-electron chi connectivity index (χ0n) is 16.8. The van der Waals surface area contributed by atoms with Gasteiger partial charge in [-0.1, -0.05) is 109 Å². The maximum atomic E-state index is 2.39. The van der Waals surface area contributed by atoms with Crippen LogP contribution in [-0.2, 0) is 12.8 Å². The van der Waals surface area contributed by atoms with Crippen LogP contribution in [0.25, 0.3) is 34.4 Å². The van der Waals surface area contributed by atoms with E-state index >= 15 is 0 Å². The molecule has 4 aromatic rings. The van der Waals surface area contributed by atoms with E-state index in [0.717, 1.165) is 12.8 Å². The largest absolute Gasteiger partial charge is 0.0622 e. The topological polar surface area (TPSA) is 0 Å². The van der Waals surface area contributed by atoms with Gasteiger partial charge in [-0.2, -0.15) is 0 Å². The van der Waals surface area contributed by atoms with Crippen molar-refractivity contribution in [3.05, 3.63) is 130 Å². The van der Waals surface area contributed by atoms with E-state index in [1.165, 1.54) is 55.7 Å². The van der Waals surface area contributed by atoms with E-state index in [0.29, 0.717) is 0 Å². The summed E-state index contributed by atoms with van der Waals surface area (Å²) in [5, 5.41) is 0. The minimum atomic E-state index is 0.993. The van der Waals surface area contributed by atoms with Gasteiger partial charge in [0, 0.05) is 0 Å². The summed E-state index contributed by atoms with van der Waals surface area (Å²) in [6.07, 6.45) is 6.77. The Labute approximate surface area is 177 Å². The van der Waals surface area contributed by atoms with Crippen molar-refractivity contribution in [3.8, 4) is 11.1 Å². The molecule has 2 aliphatic carbocycles. The number of hydrogen-bond donors (Lipinski definition) is 0. The second kappa shape index (κ2) is 7.00. The van der Waals surface area contributed by atoms with Crippen LogP contribution in [-0.4, -0.2) is 0 Å². The summed E-state index contributed by atoms with van der Waals surface area (Å²) in [4.78, 5) is 0. The number of allylic oxidation sites excluding steroid dienone is 2. The smallest absolute Gasteiger partial charge is 0.00132 e. The quantitative estimate of drug-likeness (QED) is 0.343. The van der Waals surface area contributed by atoms with Crippen molar-refractivity contribution in [2.45, 2.75) is 12.8 Å². The molecule has 0 saturated carbocycles. The zero-order valence-corrected chi connectivity index (χ0v) is 16.8. The van der Waals surface area contributed by atoms with Crippen LogP contribution in [0.5, 0.6) is 0 Å². The molecule has 142 valence electrons. The van der Waals surface area contributed by atoms with Gasteiger partial charge in [0.15, 0.2) is 0 Å². The molecule has 0 saturated heterocycles. The lowest BCUT2D eigenvalue weighted by Crippen LogP contribution is -1.98. The highest BCUT2D eigenvalue weighted by Gasteiger charge is 2.23. The Hall–Kier alpha value is -3.64. The fourth-order valence-corrected chi connectivity index (χ4v) is 4.92. The molecule has 0 spiro atoms. The highest BCUT2D eigenvalue weighted by molar-refractivity contribution is 6.01. The number of rotatable bonds is 3. The number of benzene rings is 4. The molecule has 0 N–H and O–H groups in total. The molecule has 0 nitrogen and oxygen atoms in total. The second-order valence-electron chi connectivity index (χ2n) is 8.18. The van der Waals surface area contributed by atoms with E-state index in [2.05, 4.69) is 109 Å². The highest BCUT2D eigenvalue weighted by atomic mass is 14.3. The number of fused-ring (bicyclic) bond motifs is 2. The van der Waals surface area contributed by atoms with E-state index in [1.54, 1.807) is 0 Å². The van der Waals surface area contributed by atoms with Crippen molar-refractivity contribution in [2.24, 2.45) is 0 Å². The Morgan fingerprint density at radius 3 is 1.70 bits per heavy atom. The first kappa shape index (κ1) is 17.2. The maximum absolute atomic E-state index is 2.39. The molecule has 0 aromatic heterocycles. The Balaban J connectivity index is 1.55. The van der Waals surface area contributed by atoms with Crippen molar-refractivity contribution in [3.63, 3.8) is 0 Å². The molecular formula is C30H22. The van der Waals surface area contributed by atoms with E-state index in [4.69, 9.17) is 0 Å². The number of hydrogen-bond acceptors (Lipinski definition) is 0. The Morgan fingerprint density at radius 2 is 1.00 bits per heavy atom. The van der Waals surface area contributed by atoms with Gasteiger partial charge < -0.3 is 0 Å². The van der Waals surface area contributed by atoms with E-state index in [9.17, 15) is 0 Å². The monoisotopic (exact) mass is 382 g/mol. The lowest BCUT2D eigenvalue weighted by molar-refractivity contribution is 1.29. The Bertz CT molecular complexity index is 1320. The van der Waals surface area contributed by atoms with E-state index in [1.807, 2.05) is 0 Å². The summed E-state index contributed by atoms with van der Waals surface area (Å²) in [7, 11) is 0. The van der Waals surface area contributed by atoms with Crippen LogP contribution < -0.4 is 0 Å². The van der Waals surface area contributed by atoms with Crippen LogP contribution in [0.1, 0.15) is 33.4 Å². The third-order valence-corrected chi connectivity index (χ3v) is 6.35. The standard InChI is InChI=1S/C30H22/c1-2-9-21(10-3-1)28-15-8-16-29(26-17-22-11-4-5-12-23(22)18-26)30(28)27-19-24-13-6-7-14-25(24)20-27/h1-17,19H,18,20H2. The third-order valence-electron chi connectivity index (χ3n) is 6.35. The molecule has 0 heteroatoms. The fourth-order valence-electron chi connectivity index (χ4n) is 4.92. The first-order chi connectivity index (χ1) is 14.9. The molecule has 30 heavy (non-hydrogen) atoms. The minimum Gasteiger partial charge on any atom is -0.0622 e. The fraction of sp³-hybridized carbons (Fsp3) is 0.0667. The summed E-state index contributed by atoms with van der Waals surface area (Å²) in [6.45, 7) is 0. The van der Waals surface area contributed by atoms with Crippen LogP contribution in [0, 0.1) is 0 Å². The molecule has 2 aliphatic rings. The molecule has 0 amide bonds. The molecule has 0 radical (unpaired) electrons. The normalized spacial score (nSPS) is 14.1. The van der Waals surface area contributed by atoms with E-state index in [-0.39, 0.29) is 0 Å². The van der Waals surface area contributed by atoms with Gasteiger partial charge in [0.25, 0.3) is 0 Å². The Morgan fingerprint density at radius 1 is 0.433 bits per heavy atom. The van der Waals surface area contributed by atoms with Crippen LogP contribution >= 0.6 is 0 Å². The van der Waals surface area contributed by atoms with E-state index < -0.39 is 0 Å². The summed E-state index contributed by atoms with van der Waals surface area (Å²) in [5.41, 5.74) is 13.7. The van der Waals surface area contributed by atoms with Crippen LogP contribution in [0.15, 0.2) is 97.1 Å². The predicted octanol–water partition coefficient (Wildman–Crippen LogP) is 7.55. The zero-order chi connectivity index (χ0) is 19.9. The molecule has 0 aliphatic heterocycles. The second-order valence-corrected chi connectivity index (χ2v) is 8.18. The van der Waals surface area contributed by atoms with Gasteiger partial charge in [-0.15, -0.1) is 0 Å². The minimum absolute atomic E-state index is 0.993. The average Bonchev–Trinajstić information content (AvgIpc) is 3.43. The first-order valence-electron chi connectivity index (χ1n) is 10.6. The third kappa shape index (κ3) is 2.84. The van der Waals surface area contributed by atoms with Gasteiger partial charge in [-0.3, -0.25) is 0 Å². The molecule has 0 heterocycles. The van der Waals surface area contributed by atoms with Crippen LogP contribution in [0.3, 0.4) is 0 Å². The van der Waals surface area contributed by atoms with Crippen molar-refractivity contribution >= 4 is 23.3 Å². The van der Waals surface area contributed by atoms with Crippen molar-refractivity contribution in [1.82, 2.24) is 0 Å². The van der Waals surface area contributed by atoms with Gasteiger partial charge in [0.05, 0.1) is 0 Å². The first-order valence-corrected chi connectivity index (χ1v) is 10.6. The molecule has 0 unspecified atom stereocenters. The Kier molecular flexibility index (Phi) is 4.02. The summed E-state index contributed by atoms with van der Waals surface area (Å²) in [5.74, 6) is 0. The van der Waals surface area contributed by atoms with Gasteiger partial charge in [0.1, 0.15) is 0 Å². The molecule has 0 bridgehead atoms. The van der Waals surface area contributed by atoms with Gasteiger partial charge in [0.2, 0.25) is 0 Å². The van der Waals surface area contributed by atoms with Crippen molar-refractivity contribution in [1.29, 1.82) is 0 Å². The lowest BCUT2D eigenvalue weighted by Gasteiger charge is -2.17. The van der Waals surface area contributed by atoms with Gasteiger partial charge in [-0.05, 0) is 68.5 Å². The van der Waals surface area contributed by atoms with Crippen molar-refractivity contribution < 1.29 is 0 Å². The summed E-state index contributed by atoms with van der Waals surface area (Å²) < 4.78 is 0. The molecule has 0 fully saturated rings. The SMILES string of the molecule is C1=C(c2cccc(-c3ccccc3)c2C2=Cc3ccccc3C2)Cc2ccccc21.